The van der Waals surface area contributed by atoms with Gasteiger partial charge in [0, 0.05) is 12.4 Å². The summed E-state index contributed by atoms with van der Waals surface area (Å²) in [5.41, 5.74) is -3.23. The third-order valence-electron chi connectivity index (χ3n) is 3.71. The molecule has 0 atom stereocenters. The quantitative estimate of drug-likeness (QED) is 0.526. The summed E-state index contributed by atoms with van der Waals surface area (Å²) in [5, 5.41) is 9.53. The number of carbonyl (C=O) groups is 2. The molecule has 1 N–H and O–H groups in total. The van der Waals surface area contributed by atoms with Gasteiger partial charge < -0.3 is 10.1 Å². The number of hydrogen-bond acceptors (Lipinski definition) is 6. The number of hydrogen-bond donors (Lipinski definition) is 1. The molecule has 0 saturated heterocycles. The fraction of sp³-hybridized carbons (Fsp3) is 0.118. The van der Waals surface area contributed by atoms with Crippen LogP contribution in [0.25, 0.3) is 5.82 Å². The van der Waals surface area contributed by atoms with Crippen LogP contribution in [0.2, 0.25) is 0 Å². The SMILES string of the molecule is COC(=O)c1cc(C(F)(F)F)cc(F)c1NC(=O)c1ccc(-n2ccnc2)nn1. The van der Waals surface area contributed by atoms with Crippen molar-refractivity contribution in [2.45, 2.75) is 6.18 Å². The predicted molar refractivity (Wildman–Crippen MR) is 89.8 cm³/mol. The number of aromatic nitrogens is 4. The van der Waals surface area contributed by atoms with E-state index < -0.39 is 40.7 Å². The maximum Gasteiger partial charge on any atom is 0.416 e. The van der Waals surface area contributed by atoms with Crippen molar-refractivity contribution in [3.8, 4) is 5.82 Å². The number of imidazole rings is 1. The highest BCUT2D eigenvalue weighted by Crippen LogP contribution is 2.34. The summed E-state index contributed by atoms with van der Waals surface area (Å²) in [4.78, 5) is 28.0. The third-order valence-corrected chi connectivity index (χ3v) is 3.71. The van der Waals surface area contributed by atoms with E-state index in [1.165, 1.54) is 29.2 Å². The van der Waals surface area contributed by atoms with Crippen LogP contribution in [0.3, 0.4) is 0 Å². The Hall–Kier alpha value is -3.83. The van der Waals surface area contributed by atoms with E-state index >= 15 is 0 Å². The van der Waals surface area contributed by atoms with Crippen LogP contribution in [0, 0.1) is 5.82 Å². The highest BCUT2D eigenvalue weighted by Gasteiger charge is 2.34. The topological polar surface area (TPSA) is 99.0 Å². The summed E-state index contributed by atoms with van der Waals surface area (Å²) in [6.45, 7) is 0. The Morgan fingerprint density at radius 3 is 2.48 bits per heavy atom. The van der Waals surface area contributed by atoms with Crippen LogP contribution in [0.1, 0.15) is 26.4 Å². The van der Waals surface area contributed by atoms with Gasteiger partial charge in [0.05, 0.1) is 23.9 Å². The van der Waals surface area contributed by atoms with Crippen molar-refractivity contribution in [3.05, 3.63) is 65.6 Å². The Balaban J connectivity index is 1.92. The van der Waals surface area contributed by atoms with E-state index in [0.717, 1.165) is 7.11 Å². The lowest BCUT2D eigenvalue weighted by Gasteiger charge is -2.14. The Morgan fingerprint density at radius 2 is 1.93 bits per heavy atom. The van der Waals surface area contributed by atoms with Crippen molar-refractivity contribution in [2.75, 3.05) is 12.4 Å². The van der Waals surface area contributed by atoms with Crippen LogP contribution in [0.15, 0.2) is 43.0 Å². The highest BCUT2D eigenvalue weighted by atomic mass is 19.4. The number of carbonyl (C=O) groups excluding carboxylic acids is 2. The van der Waals surface area contributed by atoms with Crippen molar-refractivity contribution >= 4 is 17.6 Å². The van der Waals surface area contributed by atoms with Gasteiger partial charge in [-0.15, -0.1) is 10.2 Å². The Kier molecular flexibility index (Phi) is 5.26. The molecule has 29 heavy (non-hydrogen) atoms. The number of ether oxygens (including phenoxy) is 1. The molecule has 8 nitrogen and oxygen atoms in total. The van der Waals surface area contributed by atoms with Gasteiger partial charge >= 0.3 is 12.1 Å². The highest BCUT2D eigenvalue weighted by molar-refractivity contribution is 6.07. The molecule has 12 heteroatoms. The molecule has 3 rings (SSSR count). The van der Waals surface area contributed by atoms with Gasteiger partial charge in [0.15, 0.2) is 11.5 Å². The van der Waals surface area contributed by atoms with E-state index in [4.69, 9.17) is 0 Å². The van der Waals surface area contributed by atoms with E-state index in [-0.39, 0.29) is 11.8 Å². The minimum atomic E-state index is -4.90. The summed E-state index contributed by atoms with van der Waals surface area (Å²) >= 11 is 0. The first-order valence-electron chi connectivity index (χ1n) is 7.83. The van der Waals surface area contributed by atoms with Gasteiger partial charge in [-0.3, -0.25) is 9.36 Å². The first kappa shape index (κ1) is 19.9. The minimum Gasteiger partial charge on any atom is -0.465 e. The first-order valence-corrected chi connectivity index (χ1v) is 7.83. The van der Waals surface area contributed by atoms with Crippen molar-refractivity contribution in [2.24, 2.45) is 0 Å². The number of anilines is 1. The Labute approximate surface area is 160 Å². The lowest BCUT2D eigenvalue weighted by atomic mass is 10.1. The summed E-state index contributed by atoms with van der Waals surface area (Å²) in [6.07, 6.45) is -0.362. The monoisotopic (exact) mass is 409 g/mol. The summed E-state index contributed by atoms with van der Waals surface area (Å²) < 4.78 is 58.9. The van der Waals surface area contributed by atoms with E-state index in [1.54, 1.807) is 6.20 Å². The number of rotatable bonds is 4. The van der Waals surface area contributed by atoms with E-state index in [2.05, 4.69) is 19.9 Å². The van der Waals surface area contributed by atoms with Crippen molar-refractivity contribution in [1.82, 2.24) is 19.7 Å². The molecular formula is C17H11F4N5O3. The number of halogens is 4. The standard InChI is InChI=1S/C17H11F4N5O3/c1-29-16(28)10-6-9(17(19,20)21)7-11(18)14(10)23-15(27)12-2-3-13(25-24-12)26-5-4-22-8-26/h2-8H,1H3,(H,23,27). The predicted octanol–water partition coefficient (Wildman–Crippen LogP) is 2.86. The van der Waals surface area contributed by atoms with Crippen LogP contribution in [-0.4, -0.2) is 38.7 Å². The van der Waals surface area contributed by atoms with Crippen LogP contribution in [0.4, 0.5) is 23.2 Å². The Bertz CT molecular complexity index is 1050. The molecule has 0 saturated carbocycles. The third kappa shape index (κ3) is 4.20. The van der Waals surface area contributed by atoms with E-state index in [1.807, 2.05) is 5.32 Å². The zero-order valence-corrected chi connectivity index (χ0v) is 14.6. The summed E-state index contributed by atoms with van der Waals surface area (Å²) in [6, 6.07) is 3.24. The second kappa shape index (κ2) is 7.66. The molecule has 0 radical (unpaired) electrons. The molecule has 3 aromatic rings. The van der Waals surface area contributed by atoms with Gasteiger partial charge in [-0.1, -0.05) is 0 Å². The molecule has 1 amide bonds. The van der Waals surface area contributed by atoms with Gasteiger partial charge in [0.2, 0.25) is 0 Å². The lowest BCUT2D eigenvalue weighted by molar-refractivity contribution is -0.137. The molecule has 0 unspecified atom stereocenters. The molecule has 2 aromatic heterocycles. The number of nitrogens with one attached hydrogen (secondary N) is 1. The maximum atomic E-state index is 14.3. The van der Waals surface area contributed by atoms with Gasteiger partial charge in [-0.2, -0.15) is 13.2 Å². The fourth-order valence-corrected chi connectivity index (χ4v) is 2.32. The van der Waals surface area contributed by atoms with Gasteiger partial charge in [-0.25, -0.2) is 14.2 Å². The molecular weight excluding hydrogens is 398 g/mol. The largest absolute Gasteiger partial charge is 0.465 e. The van der Waals surface area contributed by atoms with Crippen molar-refractivity contribution in [1.29, 1.82) is 0 Å². The molecule has 150 valence electrons. The normalized spacial score (nSPS) is 11.2. The van der Waals surface area contributed by atoms with Crippen molar-refractivity contribution in [3.63, 3.8) is 0 Å². The van der Waals surface area contributed by atoms with Crippen molar-refractivity contribution < 1.29 is 31.9 Å². The molecule has 1 aromatic carbocycles. The first-order chi connectivity index (χ1) is 13.7. The molecule has 0 aliphatic heterocycles. The summed E-state index contributed by atoms with van der Waals surface area (Å²) in [5.74, 6) is -3.36. The smallest absolute Gasteiger partial charge is 0.416 e. The number of benzene rings is 1. The zero-order valence-electron chi connectivity index (χ0n) is 14.6. The molecule has 0 aliphatic rings. The maximum absolute atomic E-state index is 14.3. The molecule has 0 bridgehead atoms. The van der Waals surface area contributed by atoms with E-state index in [0.29, 0.717) is 11.9 Å². The average molecular weight is 409 g/mol. The molecule has 0 fully saturated rings. The number of nitrogens with zero attached hydrogens (tertiary/aromatic N) is 4. The fourth-order valence-electron chi connectivity index (χ4n) is 2.32. The molecule has 0 aliphatic carbocycles. The van der Waals surface area contributed by atoms with Gasteiger partial charge in [0.1, 0.15) is 12.1 Å². The zero-order chi connectivity index (χ0) is 21.2. The number of amides is 1. The molecule has 2 heterocycles. The Morgan fingerprint density at radius 1 is 1.17 bits per heavy atom. The number of esters is 1. The van der Waals surface area contributed by atoms with E-state index in [9.17, 15) is 27.2 Å². The molecule has 0 spiro atoms. The summed E-state index contributed by atoms with van der Waals surface area (Å²) in [7, 11) is 0.909. The second-order valence-electron chi connectivity index (χ2n) is 5.57. The van der Waals surface area contributed by atoms with Crippen LogP contribution in [0.5, 0.6) is 0 Å². The van der Waals surface area contributed by atoms with Crippen LogP contribution in [-0.2, 0) is 10.9 Å². The second-order valence-corrected chi connectivity index (χ2v) is 5.57. The lowest BCUT2D eigenvalue weighted by Crippen LogP contribution is -2.20. The van der Waals surface area contributed by atoms with Gasteiger partial charge in [-0.05, 0) is 24.3 Å². The number of alkyl halides is 3. The minimum absolute atomic E-state index is 0.163. The van der Waals surface area contributed by atoms with Crippen LogP contribution < -0.4 is 5.32 Å². The average Bonchev–Trinajstić information content (AvgIpc) is 3.22. The number of methoxy groups -OCH3 is 1. The van der Waals surface area contributed by atoms with Gasteiger partial charge in [0.25, 0.3) is 5.91 Å². The van der Waals surface area contributed by atoms with Crippen LogP contribution >= 0.6 is 0 Å².